The van der Waals surface area contributed by atoms with Crippen LogP contribution in [0.15, 0.2) is 24.5 Å². The molecule has 0 aliphatic rings. The first kappa shape index (κ1) is 12.0. The van der Waals surface area contributed by atoms with Gasteiger partial charge in [0.2, 0.25) is 0 Å². The van der Waals surface area contributed by atoms with E-state index in [2.05, 4.69) is 37.0 Å². The SMILES string of the molecule is C=C(C)CCn1cc(CNC(C)C)cn1. The molecule has 15 heavy (non-hydrogen) atoms. The van der Waals surface area contributed by atoms with Crippen LogP contribution in [0.2, 0.25) is 0 Å². The van der Waals surface area contributed by atoms with Crippen LogP contribution in [0, 0.1) is 0 Å². The summed E-state index contributed by atoms with van der Waals surface area (Å²) in [6, 6.07) is 0.517. The van der Waals surface area contributed by atoms with E-state index in [4.69, 9.17) is 0 Å². The van der Waals surface area contributed by atoms with Crippen molar-refractivity contribution in [3.63, 3.8) is 0 Å². The molecule has 84 valence electrons. The zero-order chi connectivity index (χ0) is 11.3. The van der Waals surface area contributed by atoms with Crippen molar-refractivity contribution in [2.75, 3.05) is 0 Å². The van der Waals surface area contributed by atoms with E-state index in [1.165, 1.54) is 11.1 Å². The predicted octanol–water partition coefficient (Wildman–Crippen LogP) is 2.35. The summed E-state index contributed by atoms with van der Waals surface area (Å²) < 4.78 is 1.98. The van der Waals surface area contributed by atoms with Crippen LogP contribution in [0.4, 0.5) is 0 Å². The maximum atomic E-state index is 4.30. The molecule has 0 amide bonds. The summed E-state index contributed by atoms with van der Waals surface area (Å²) in [5.74, 6) is 0. The molecule has 1 heterocycles. The van der Waals surface area contributed by atoms with Gasteiger partial charge in [-0.15, -0.1) is 6.58 Å². The minimum absolute atomic E-state index is 0.517. The summed E-state index contributed by atoms with van der Waals surface area (Å²) in [4.78, 5) is 0. The van der Waals surface area contributed by atoms with E-state index in [0.29, 0.717) is 6.04 Å². The van der Waals surface area contributed by atoms with E-state index < -0.39 is 0 Å². The number of nitrogens with one attached hydrogen (secondary N) is 1. The molecule has 1 aromatic heterocycles. The van der Waals surface area contributed by atoms with Crippen LogP contribution in [-0.4, -0.2) is 15.8 Å². The number of rotatable bonds is 6. The van der Waals surface area contributed by atoms with Crippen LogP contribution in [0.3, 0.4) is 0 Å². The van der Waals surface area contributed by atoms with Crippen molar-refractivity contribution in [1.82, 2.24) is 15.1 Å². The van der Waals surface area contributed by atoms with E-state index in [-0.39, 0.29) is 0 Å². The molecule has 0 saturated carbocycles. The Morgan fingerprint density at radius 2 is 2.33 bits per heavy atom. The minimum atomic E-state index is 0.517. The molecule has 3 heteroatoms. The van der Waals surface area contributed by atoms with E-state index in [1.54, 1.807) is 0 Å². The van der Waals surface area contributed by atoms with Gasteiger partial charge in [0.15, 0.2) is 0 Å². The maximum absolute atomic E-state index is 4.30. The fourth-order valence-corrected chi connectivity index (χ4v) is 1.25. The summed E-state index contributed by atoms with van der Waals surface area (Å²) >= 11 is 0. The molecule has 0 fully saturated rings. The fourth-order valence-electron chi connectivity index (χ4n) is 1.25. The van der Waals surface area contributed by atoms with Crippen LogP contribution in [0.5, 0.6) is 0 Å². The second kappa shape index (κ2) is 5.71. The van der Waals surface area contributed by atoms with Crippen molar-refractivity contribution < 1.29 is 0 Å². The van der Waals surface area contributed by atoms with E-state index in [1.807, 2.05) is 17.8 Å². The van der Waals surface area contributed by atoms with Crippen molar-refractivity contribution in [3.05, 3.63) is 30.1 Å². The highest BCUT2D eigenvalue weighted by Crippen LogP contribution is 2.02. The summed E-state index contributed by atoms with van der Waals surface area (Å²) in [7, 11) is 0. The Balaban J connectivity index is 2.38. The highest BCUT2D eigenvalue weighted by atomic mass is 15.3. The van der Waals surface area contributed by atoms with Crippen molar-refractivity contribution in [3.8, 4) is 0 Å². The van der Waals surface area contributed by atoms with Gasteiger partial charge >= 0.3 is 0 Å². The maximum Gasteiger partial charge on any atom is 0.0534 e. The number of allylic oxidation sites excluding steroid dienone is 1. The third-order valence-electron chi connectivity index (χ3n) is 2.17. The molecule has 0 atom stereocenters. The molecule has 0 spiro atoms. The van der Waals surface area contributed by atoms with Gasteiger partial charge in [0.05, 0.1) is 6.20 Å². The zero-order valence-electron chi connectivity index (χ0n) is 9.95. The molecule has 3 nitrogen and oxygen atoms in total. The lowest BCUT2D eigenvalue weighted by Crippen LogP contribution is -2.21. The van der Waals surface area contributed by atoms with Crippen LogP contribution in [0.1, 0.15) is 32.8 Å². The predicted molar refractivity (Wildman–Crippen MR) is 63.6 cm³/mol. The van der Waals surface area contributed by atoms with Crippen molar-refractivity contribution in [2.45, 2.75) is 46.3 Å². The lowest BCUT2D eigenvalue weighted by molar-refractivity contribution is 0.585. The zero-order valence-corrected chi connectivity index (χ0v) is 9.95. The van der Waals surface area contributed by atoms with E-state index in [9.17, 15) is 0 Å². The summed E-state index contributed by atoms with van der Waals surface area (Å²) in [5, 5.41) is 7.67. The first-order valence-electron chi connectivity index (χ1n) is 5.47. The van der Waals surface area contributed by atoms with Gasteiger partial charge in [-0.05, 0) is 13.3 Å². The monoisotopic (exact) mass is 207 g/mol. The number of aryl methyl sites for hydroxylation is 1. The Hall–Kier alpha value is -1.09. The highest BCUT2D eigenvalue weighted by molar-refractivity contribution is 5.03. The standard InChI is InChI=1S/C12H21N3/c1-10(2)5-6-15-9-12(8-14-15)7-13-11(3)4/h8-9,11,13H,1,5-7H2,2-4H3. The van der Waals surface area contributed by atoms with Crippen LogP contribution < -0.4 is 5.32 Å². The average molecular weight is 207 g/mol. The van der Waals surface area contributed by atoms with Crippen molar-refractivity contribution in [1.29, 1.82) is 0 Å². The van der Waals surface area contributed by atoms with Crippen LogP contribution >= 0.6 is 0 Å². The second-order valence-electron chi connectivity index (χ2n) is 4.35. The Bertz CT molecular complexity index is 312. The first-order valence-corrected chi connectivity index (χ1v) is 5.47. The van der Waals surface area contributed by atoms with E-state index in [0.717, 1.165) is 19.5 Å². The van der Waals surface area contributed by atoms with Gasteiger partial charge in [-0.1, -0.05) is 19.4 Å². The van der Waals surface area contributed by atoms with E-state index >= 15 is 0 Å². The molecular formula is C12H21N3. The van der Waals surface area contributed by atoms with Gasteiger partial charge in [0.1, 0.15) is 0 Å². The third kappa shape index (κ3) is 4.79. The molecular weight excluding hydrogens is 186 g/mol. The topological polar surface area (TPSA) is 29.9 Å². The second-order valence-corrected chi connectivity index (χ2v) is 4.35. The third-order valence-corrected chi connectivity index (χ3v) is 2.17. The van der Waals surface area contributed by atoms with Gasteiger partial charge in [0, 0.05) is 30.9 Å². The normalized spacial score (nSPS) is 10.9. The summed E-state index contributed by atoms with van der Waals surface area (Å²) in [5.41, 5.74) is 2.44. The molecule has 0 aliphatic carbocycles. The van der Waals surface area contributed by atoms with Crippen LogP contribution in [-0.2, 0) is 13.1 Å². The molecule has 0 aliphatic heterocycles. The molecule has 1 rings (SSSR count). The highest BCUT2D eigenvalue weighted by Gasteiger charge is 1.99. The smallest absolute Gasteiger partial charge is 0.0534 e. The number of aromatic nitrogens is 2. The average Bonchev–Trinajstić information content (AvgIpc) is 2.59. The fraction of sp³-hybridized carbons (Fsp3) is 0.583. The van der Waals surface area contributed by atoms with Crippen LogP contribution in [0.25, 0.3) is 0 Å². The van der Waals surface area contributed by atoms with Gasteiger partial charge < -0.3 is 5.32 Å². The first-order chi connectivity index (χ1) is 7.08. The Morgan fingerprint density at radius 1 is 1.60 bits per heavy atom. The van der Waals surface area contributed by atoms with Gasteiger partial charge in [-0.25, -0.2) is 0 Å². The molecule has 1 aromatic rings. The Morgan fingerprint density at radius 3 is 2.93 bits per heavy atom. The van der Waals surface area contributed by atoms with Gasteiger partial charge in [-0.3, -0.25) is 4.68 Å². The summed E-state index contributed by atoms with van der Waals surface area (Å²) in [6.45, 7) is 12.0. The molecule has 1 N–H and O–H groups in total. The van der Waals surface area contributed by atoms with Gasteiger partial charge in [0.25, 0.3) is 0 Å². The minimum Gasteiger partial charge on any atom is -0.310 e. The Labute approximate surface area is 92.2 Å². The van der Waals surface area contributed by atoms with Crippen molar-refractivity contribution >= 4 is 0 Å². The largest absolute Gasteiger partial charge is 0.310 e. The lowest BCUT2D eigenvalue weighted by Gasteiger charge is -2.05. The van der Waals surface area contributed by atoms with Crippen molar-refractivity contribution in [2.24, 2.45) is 0 Å². The molecule has 0 unspecified atom stereocenters. The Kier molecular flexibility index (Phi) is 4.56. The molecule has 0 radical (unpaired) electrons. The number of nitrogens with zero attached hydrogens (tertiary/aromatic N) is 2. The number of hydrogen-bond donors (Lipinski definition) is 1. The lowest BCUT2D eigenvalue weighted by atomic mass is 10.2. The summed E-state index contributed by atoms with van der Waals surface area (Å²) in [6.07, 6.45) is 5.02. The number of hydrogen-bond acceptors (Lipinski definition) is 2. The molecule has 0 aromatic carbocycles. The quantitative estimate of drug-likeness (QED) is 0.726. The van der Waals surface area contributed by atoms with Gasteiger partial charge in [-0.2, -0.15) is 5.10 Å². The molecule has 0 saturated heterocycles. The molecule has 0 bridgehead atoms.